The smallest absolute Gasteiger partial charge is 0.134 e. The van der Waals surface area contributed by atoms with Crippen LogP contribution < -0.4 is 10.2 Å². The molecule has 0 radical (unpaired) electrons. The molecule has 2 fully saturated rings. The van der Waals surface area contributed by atoms with E-state index in [-0.39, 0.29) is 12.1 Å². The normalized spacial score (nSPS) is 25.8. The Morgan fingerprint density at radius 2 is 1.89 bits per heavy atom. The molecule has 1 saturated carbocycles. The van der Waals surface area contributed by atoms with Gasteiger partial charge in [-0.1, -0.05) is 24.3 Å². The molecule has 28 heavy (non-hydrogen) atoms. The van der Waals surface area contributed by atoms with Gasteiger partial charge in [-0.2, -0.15) is 0 Å². The number of rotatable bonds is 4. The first-order chi connectivity index (χ1) is 13.8. The topological polar surface area (TPSA) is 64.5 Å². The number of aliphatic hydroxyl groups is 1. The molecule has 0 amide bonds. The molecule has 3 heterocycles. The van der Waals surface area contributed by atoms with Crippen molar-refractivity contribution in [1.29, 1.82) is 0 Å². The van der Waals surface area contributed by atoms with Crippen molar-refractivity contribution in [2.24, 2.45) is 0 Å². The van der Waals surface area contributed by atoms with Crippen molar-refractivity contribution in [3.05, 3.63) is 47.8 Å². The number of aromatic nitrogens is 2. The third kappa shape index (κ3) is 3.59. The van der Waals surface area contributed by atoms with Crippen LogP contribution in [0.3, 0.4) is 0 Å². The number of β-amino-alcohol motifs (C(OH)–C–C–N with tert-alkyl or cyclic N) is 1. The van der Waals surface area contributed by atoms with Crippen molar-refractivity contribution in [2.75, 3.05) is 29.9 Å². The second kappa shape index (κ2) is 7.68. The second-order valence-corrected chi connectivity index (χ2v) is 8.39. The molecular weight excluding hydrogens is 350 g/mol. The van der Waals surface area contributed by atoms with Gasteiger partial charge in [0.25, 0.3) is 0 Å². The van der Waals surface area contributed by atoms with E-state index < -0.39 is 0 Å². The Morgan fingerprint density at radius 3 is 2.68 bits per heavy atom. The van der Waals surface area contributed by atoms with Gasteiger partial charge in [0, 0.05) is 44.3 Å². The minimum absolute atomic E-state index is 0.221. The molecule has 2 aromatic rings. The zero-order chi connectivity index (χ0) is 18.9. The number of anilines is 2. The van der Waals surface area contributed by atoms with E-state index in [4.69, 9.17) is 0 Å². The lowest BCUT2D eigenvalue weighted by Crippen LogP contribution is -2.55. The maximum Gasteiger partial charge on any atom is 0.134 e. The van der Waals surface area contributed by atoms with Crippen molar-refractivity contribution in [2.45, 2.75) is 56.8 Å². The molecule has 1 saturated heterocycles. The molecule has 5 rings (SSSR count). The van der Waals surface area contributed by atoms with E-state index in [9.17, 15) is 5.11 Å². The fourth-order valence-corrected chi connectivity index (χ4v) is 4.71. The minimum Gasteiger partial charge on any atom is -0.390 e. The van der Waals surface area contributed by atoms with E-state index >= 15 is 0 Å². The van der Waals surface area contributed by atoms with E-state index in [0.717, 1.165) is 44.1 Å². The van der Waals surface area contributed by atoms with Gasteiger partial charge in [0.1, 0.15) is 18.0 Å². The predicted octanol–water partition coefficient (Wildman–Crippen LogP) is 2.44. The fourth-order valence-electron chi connectivity index (χ4n) is 4.71. The van der Waals surface area contributed by atoms with Crippen LogP contribution in [0.15, 0.2) is 36.7 Å². The van der Waals surface area contributed by atoms with Crippen LogP contribution in [0, 0.1) is 0 Å². The maximum absolute atomic E-state index is 10.9. The largest absolute Gasteiger partial charge is 0.390 e. The number of hydrogen-bond donors (Lipinski definition) is 2. The lowest BCUT2D eigenvalue weighted by molar-refractivity contribution is 0.0293. The van der Waals surface area contributed by atoms with Crippen LogP contribution in [0.2, 0.25) is 0 Å². The Morgan fingerprint density at radius 1 is 1.04 bits per heavy atom. The summed E-state index contributed by atoms with van der Waals surface area (Å²) < 4.78 is 0. The maximum atomic E-state index is 10.9. The molecule has 1 aliphatic carbocycles. The number of aliphatic hydroxyl groups excluding tert-OH is 1. The Labute approximate surface area is 166 Å². The van der Waals surface area contributed by atoms with Gasteiger partial charge in [-0.15, -0.1) is 0 Å². The predicted molar refractivity (Wildman–Crippen MR) is 110 cm³/mol. The molecule has 2 unspecified atom stereocenters. The number of hydrogen-bond acceptors (Lipinski definition) is 6. The van der Waals surface area contributed by atoms with Crippen LogP contribution in [0.5, 0.6) is 0 Å². The van der Waals surface area contributed by atoms with Crippen LogP contribution in [0.1, 0.15) is 36.8 Å². The SMILES string of the molecule is OC1CN(c2cc(NC3CCC3)ncn2)CCC1N1CCc2ccccc2C1. The summed E-state index contributed by atoms with van der Waals surface area (Å²) in [6, 6.07) is 11.5. The van der Waals surface area contributed by atoms with Gasteiger partial charge in [-0.25, -0.2) is 9.97 Å². The highest BCUT2D eigenvalue weighted by molar-refractivity contribution is 5.49. The summed E-state index contributed by atoms with van der Waals surface area (Å²) in [6.45, 7) is 3.52. The van der Waals surface area contributed by atoms with Gasteiger partial charge in [0.2, 0.25) is 0 Å². The van der Waals surface area contributed by atoms with Crippen LogP contribution in [0.25, 0.3) is 0 Å². The van der Waals surface area contributed by atoms with Gasteiger partial charge in [-0.05, 0) is 43.2 Å². The van der Waals surface area contributed by atoms with E-state index in [2.05, 4.69) is 49.4 Å². The van der Waals surface area contributed by atoms with Gasteiger partial charge >= 0.3 is 0 Å². The van der Waals surface area contributed by atoms with Gasteiger partial charge in [-0.3, -0.25) is 4.90 Å². The first kappa shape index (κ1) is 17.9. The first-order valence-electron chi connectivity index (χ1n) is 10.6. The van der Waals surface area contributed by atoms with Gasteiger partial charge in [0.05, 0.1) is 6.10 Å². The third-order valence-corrected chi connectivity index (χ3v) is 6.61. The number of nitrogens with zero attached hydrogens (tertiary/aromatic N) is 4. The highest BCUT2D eigenvalue weighted by Gasteiger charge is 2.34. The van der Waals surface area contributed by atoms with Crippen molar-refractivity contribution < 1.29 is 5.11 Å². The Bertz CT molecular complexity index is 824. The van der Waals surface area contributed by atoms with E-state index in [0.29, 0.717) is 12.6 Å². The van der Waals surface area contributed by atoms with Gasteiger partial charge in [0.15, 0.2) is 0 Å². The highest BCUT2D eigenvalue weighted by atomic mass is 16.3. The molecule has 2 atom stereocenters. The standard InChI is InChI=1S/C22H29N5O/c28-20-14-27(22-12-21(23-15-24-22)25-18-6-3-7-18)11-9-19(20)26-10-8-16-4-1-2-5-17(16)13-26/h1-2,4-5,12,15,18-20,28H,3,6-11,13-14H2,(H,23,24,25). The van der Waals surface area contributed by atoms with E-state index in [1.165, 1.54) is 30.4 Å². The molecule has 6 nitrogen and oxygen atoms in total. The average molecular weight is 380 g/mol. The summed E-state index contributed by atoms with van der Waals surface area (Å²) in [5, 5.41) is 14.4. The molecule has 6 heteroatoms. The van der Waals surface area contributed by atoms with Crippen molar-refractivity contribution in [3.8, 4) is 0 Å². The molecule has 148 valence electrons. The zero-order valence-corrected chi connectivity index (χ0v) is 16.3. The zero-order valence-electron chi connectivity index (χ0n) is 16.3. The highest BCUT2D eigenvalue weighted by Crippen LogP contribution is 2.28. The van der Waals surface area contributed by atoms with Crippen molar-refractivity contribution in [3.63, 3.8) is 0 Å². The average Bonchev–Trinajstić information content (AvgIpc) is 2.70. The van der Waals surface area contributed by atoms with Crippen LogP contribution in [-0.2, 0) is 13.0 Å². The number of fused-ring (bicyclic) bond motifs is 1. The summed E-state index contributed by atoms with van der Waals surface area (Å²) in [6.07, 6.45) is 7.05. The number of piperidine rings is 1. The molecular formula is C22H29N5O. The lowest BCUT2D eigenvalue weighted by atomic mass is 9.93. The van der Waals surface area contributed by atoms with E-state index in [1.54, 1.807) is 6.33 Å². The van der Waals surface area contributed by atoms with Crippen LogP contribution in [-0.4, -0.2) is 57.8 Å². The summed E-state index contributed by atoms with van der Waals surface area (Å²) in [5.74, 6) is 1.82. The Kier molecular flexibility index (Phi) is 4.91. The molecule has 2 aliphatic heterocycles. The minimum atomic E-state index is -0.364. The van der Waals surface area contributed by atoms with Gasteiger partial charge < -0.3 is 15.3 Å². The second-order valence-electron chi connectivity index (χ2n) is 8.39. The van der Waals surface area contributed by atoms with Crippen LogP contribution >= 0.6 is 0 Å². The molecule has 2 N–H and O–H groups in total. The molecule has 1 aromatic heterocycles. The molecule has 3 aliphatic rings. The summed E-state index contributed by atoms with van der Waals surface area (Å²) in [7, 11) is 0. The third-order valence-electron chi connectivity index (χ3n) is 6.61. The Hall–Kier alpha value is -2.18. The first-order valence-corrected chi connectivity index (χ1v) is 10.6. The monoisotopic (exact) mass is 379 g/mol. The van der Waals surface area contributed by atoms with Crippen LogP contribution in [0.4, 0.5) is 11.6 Å². The van der Waals surface area contributed by atoms with Crippen molar-refractivity contribution in [1.82, 2.24) is 14.9 Å². The quantitative estimate of drug-likeness (QED) is 0.851. The summed E-state index contributed by atoms with van der Waals surface area (Å²) in [4.78, 5) is 13.5. The fraction of sp³-hybridized carbons (Fsp3) is 0.545. The summed E-state index contributed by atoms with van der Waals surface area (Å²) in [5.41, 5.74) is 2.86. The molecule has 0 spiro atoms. The summed E-state index contributed by atoms with van der Waals surface area (Å²) >= 11 is 0. The van der Waals surface area contributed by atoms with Crippen molar-refractivity contribution >= 4 is 11.6 Å². The Balaban J connectivity index is 1.23. The number of nitrogens with one attached hydrogen (secondary N) is 1. The lowest BCUT2D eigenvalue weighted by Gasteiger charge is -2.43. The van der Waals surface area contributed by atoms with E-state index in [1.807, 2.05) is 6.07 Å². The molecule has 1 aromatic carbocycles. The molecule has 0 bridgehead atoms. The number of benzene rings is 1.